The molecule has 2 aliphatic heterocycles. The third-order valence-electron chi connectivity index (χ3n) is 10.9. The number of carbonyl (C=O) groups is 2. The molecule has 1 N–H and O–H groups in total. The van der Waals surface area contributed by atoms with E-state index in [1.807, 2.05) is 24.8 Å². The van der Waals surface area contributed by atoms with Crippen LogP contribution in [0.3, 0.4) is 0 Å². The van der Waals surface area contributed by atoms with E-state index in [9.17, 15) is 27.9 Å². The fourth-order valence-electron chi connectivity index (χ4n) is 8.83. The molecule has 2 heterocycles. The normalized spacial score (nSPS) is 29.9. The summed E-state index contributed by atoms with van der Waals surface area (Å²) in [5.74, 6) is 0.893. The van der Waals surface area contributed by atoms with Crippen molar-refractivity contribution in [3.8, 4) is 11.5 Å². The molecule has 2 aromatic rings. The number of likely N-dealkylation sites (tertiary alicyclic amines) is 1. The Labute approximate surface area is 267 Å². The highest BCUT2D eigenvalue weighted by molar-refractivity contribution is 5.92. The number of halogens is 3. The van der Waals surface area contributed by atoms with Gasteiger partial charge in [0.25, 0.3) is 0 Å². The Kier molecular flexibility index (Phi) is 7.55. The Morgan fingerprint density at radius 1 is 1.13 bits per heavy atom. The number of benzene rings is 2. The van der Waals surface area contributed by atoms with E-state index in [-0.39, 0.29) is 23.9 Å². The number of ether oxygens (including phenoxy) is 2. The summed E-state index contributed by atoms with van der Waals surface area (Å²) < 4.78 is 51.7. The Morgan fingerprint density at radius 3 is 2.52 bits per heavy atom. The van der Waals surface area contributed by atoms with Gasteiger partial charge in [-0.15, -0.1) is 0 Å². The second kappa shape index (κ2) is 11.1. The molecule has 2 aromatic carbocycles. The highest BCUT2D eigenvalue weighted by Crippen LogP contribution is 2.66. The molecule has 1 saturated heterocycles. The molecule has 3 fully saturated rings. The van der Waals surface area contributed by atoms with E-state index in [0.29, 0.717) is 55.2 Å². The van der Waals surface area contributed by atoms with Crippen molar-refractivity contribution in [3.63, 3.8) is 0 Å². The van der Waals surface area contributed by atoms with E-state index in [1.54, 1.807) is 12.1 Å². The van der Waals surface area contributed by atoms with Gasteiger partial charge in [-0.2, -0.15) is 13.2 Å². The topological polar surface area (TPSA) is 79.3 Å². The molecule has 7 nitrogen and oxygen atoms in total. The van der Waals surface area contributed by atoms with E-state index >= 15 is 0 Å². The lowest BCUT2D eigenvalue weighted by molar-refractivity contribution is -0.201. The first-order valence-electron chi connectivity index (χ1n) is 16.5. The van der Waals surface area contributed by atoms with Gasteiger partial charge in [-0.1, -0.05) is 32.0 Å². The van der Waals surface area contributed by atoms with Crippen LogP contribution in [0.1, 0.15) is 75.1 Å². The lowest BCUT2D eigenvalue weighted by Gasteiger charge is -2.65. The molecule has 3 aliphatic carbocycles. The van der Waals surface area contributed by atoms with E-state index < -0.39 is 34.8 Å². The van der Waals surface area contributed by atoms with Crippen LogP contribution in [-0.2, 0) is 27.6 Å². The van der Waals surface area contributed by atoms with Gasteiger partial charge in [0.05, 0.1) is 22.6 Å². The smallest absolute Gasteiger partial charge is 0.416 e. The molecule has 1 amide bonds. The van der Waals surface area contributed by atoms with Gasteiger partial charge < -0.3 is 19.5 Å². The number of piperidine rings is 1. The van der Waals surface area contributed by atoms with Crippen molar-refractivity contribution in [1.29, 1.82) is 0 Å². The zero-order valence-corrected chi connectivity index (χ0v) is 26.5. The Balaban J connectivity index is 1.26. The minimum Gasteiger partial charge on any atom is -0.483 e. The predicted molar refractivity (Wildman–Crippen MR) is 165 cm³/mol. The molecule has 0 aromatic heterocycles. The molecule has 2 bridgehead atoms. The lowest BCUT2D eigenvalue weighted by atomic mass is 9.48. The number of alkyl halides is 3. The van der Waals surface area contributed by atoms with E-state index in [1.165, 1.54) is 38.0 Å². The Hall–Kier alpha value is -3.37. The summed E-state index contributed by atoms with van der Waals surface area (Å²) >= 11 is 0. The van der Waals surface area contributed by atoms with Crippen LogP contribution in [0.15, 0.2) is 42.5 Å². The van der Waals surface area contributed by atoms with Crippen LogP contribution in [0, 0.1) is 11.8 Å². The molecule has 46 heavy (non-hydrogen) atoms. The quantitative estimate of drug-likeness (QED) is 0.225. The number of amides is 1. The fourth-order valence-corrected chi connectivity index (χ4v) is 8.83. The average Bonchev–Trinajstić information content (AvgIpc) is 3.74. The average molecular weight is 639 g/mol. The summed E-state index contributed by atoms with van der Waals surface area (Å²) in [7, 11) is 0. The fraction of sp³-hybridized carbons (Fsp3) is 0.556. The van der Waals surface area contributed by atoms with E-state index in [0.717, 1.165) is 36.3 Å². The van der Waals surface area contributed by atoms with Crippen molar-refractivity contribution < 1.29 is 37.3 Å². The summed E-state index contributed by atoms with van der Waals surface area (Å²) in [4.78, 5) is 30.4. The second-order valence-corrected chi connectivity index (χ2v) is 14.3. The van der Waals surface area contributed by atoms with Gasteiger partial charge >= 0.3 is 12.1 Å². The lowest BCUT2D eigenvalue weighted by Crippen LogP contribution is -2.78. The largest absolute Gasteiger partial charge is 0.483 e. The van der Waals surface area contributed by atoms with Crippen LogP contribution in [0.4, 0.5) is 13.2 Å². The SMILES string of the molecule is CC(=O)Oc1ccc2c3c1O[C@H]1[C@@H](N(CC(C)C)C(=O)C=Cc4ccc(C(F)(F)F)cc4)CC[C@@]4(O)[C@@H](C2)N(CC2CC2)CC[C@]314. The van der Waals surface area contributed by atoms with E-state index in [2.05, 4.69) is 4.90 Å². The molecule has 10 heteroatoms. The molecule has 5 aliphatic rings. The minimum absolute atomic E-state index is 0.0826. The van der Waals surface area contributed by atoms with Gasteiger partial charge in [-0.25, -0.2) is 0 Å². The summed E-state index contributed by atoms with van der Waals surface area (Å²) in [6.07, 6.45) is 2.75. The van der Waals surface area contributed by atoms with Gasteiger partial charge in [0.2, 0.25) is 5.91 Å². The summed E-state index contributed by atoms with van der Waals surface area (Å²) in [5.41, 5.74) is -0.119. The highest BCUT2D eigenvalue weighted by Gasteiger charge is 2.73. The number of esters is 1. The number of rotatable bonds is 8. The summed E-state index contributed by atoms with van der Waals surface area (Å²) in [5, 5.41) is 12.9. The number of hydrogen-bond donors (Lipinski definition) is 1. The van der Waals surface area contributed by atoms with Gasteiger partial charge in [-0.3, -0.25) is 14.5 Å². The first-order valence-corrected chi connectivity index (χ1v) is 16.5. The first-order chi connectivity index (χ1) is 21.8. The van der Waals surface area contributed by atoms with Crippen molar-refractivity contribution in [1.82, 2.24) is 9.80 Å². The molecule has 5 atom stereocenters. The molecule has 2 saturated carbocycles. The molecule has 1 spiro atoms. The van der Waals surface area contributed by atoms with Crippen LogP contribution in [-0.4, -0.2) is 70.2 Å². The number of carbonyl (C=O) groups excluding carboxylic acids is 2. The highest BCUT2D eigenvalue weighted by atomic mass is 19.4. The molecular weight excluding hydrogens is 597 g/mol. The molecule has 0 unspecified atom stereocenters. The predicted octanol–water partition coefficient (Wildman–Crippen LogP) is 5.76. The van der Waals surface area contributed by atoms with Gasteiger partial charge in [0.15, 0.2) is 11.5 Å². The number of hydrogen-bond acceptors (Lipinski definition) is 6. The monoisotopic (exact) mass is 638 g/mol. The summed E-state index contributed by atoms with van der Waals surface area (Å²) in [6.45, 7) is 7.63. The third kappa shape index (κ3) is 5.03. The minimum atomic E-state index is -4.44. The van der Waals surface area contributed by atoms with Crippen LogP contribution in [0.2, 0.25) is 0 Å². The molecule has 246 valence electrons. The van der Waals surface area contributed by atoms with Gasteiger partial charge in [0.1, 0.15) is 6.10 Å². The van der Waals surface area contributed by atoms with Crippen molar-refractivity contribution >= 4 is 18.0 Å². The van der Waals surface area contributed by atoms with Crippen LogP contribution >= 0.6 is 0 Å². The van der Waals surface area contributed by atoms with E-state index in [4.69, 9.17) is 9.47 Å². The maximum Gasteiger partial charge on any atom is 0.416 e. The standard InChI is InChI=1S/C36H41F3N2O5/c1-21(2)19-41(30(43)13-8-23-6-10-26(11-7-23)36(37,38)39)27-14-15-35(44)29-18-25-9-12-28(45-22(3)42)32-31(25)34(35,33(27)46-32)16-17-40(29)20-24-4-5-24/h6-13,21,24,27,29,33,44H,4-5,14-20H2,1-3H3/t27-,29+,33-,34-,35+/m0/s1. The molecular formula is C36H41F3N2O5. The number of aliphatic hydroxyl groups is 1. The molecule has 0 radical (unpaired) electrons. The Morgan fingerprint density at radius 2 is 1.87 bits per heavy atom. The summed E-state index contributed by atoms with van der Waals surface area (Å²) in [6, 6.07) is 8.05. The van der Waals surface area contributed by atoms with Crippen molar-refractivity contribution in [3.05, 3.63) is 64.7 Å². The maximum atomic E-state index is 14.0. The molecule has 7 rings (SSSR count). The zero-order valence-electron chi connectivity index (χ0n) is 26.5. The zero-order chi connectivity index (χ0) is 32.6. The van der Waals surface area contributed by atoms with Gasteiger partial charge in [0, 0.05) is 37.7 Å². The van der Waals surface area contributed by atoms with Crippen molar-refractivity contribution in [2.75, 3.05) is 19.6 Å². The van der Waals surface area contributed by atoms with Crippen LogP contribution in [0.5, 0.6) is 11.5 Å². The second-order valence-electron chi connectivity index (χ2n) is 14.3. The number of nitrogens with zero attached hydrogens (tertiary/aromatic N) is 2. The van der Waals surface area contributed by atoms with Crippen LogP contribution < -0.4 is 9.47 Å². The van der Waals surface area contributed by atoms with Crippen LogP contribution in [0.25, 0.3) is 6.08 Å². The van der Waals surface area contributed by atoms with Crippen molar-refractivity contribution in [2.45, 2.75) is 94.7 Å². The first kappa shape index (κ1) is 31.2. The Bertz CT molecular complexity index is 1570. The van der Waals surface area contributed by atoms with Gasteiger partial charge in [-0.05, 0) is 92.3 Å². The van der Waals surface area contributed by atoms with Crippen molar-refractivity contribution in [2.24, 2.45) is 11.8 Å². The third-order valence-corrected chi connectivity index (χ3v) is 10.9. The maximum absolute atomic E-state index is 14.0.